The van der Waals surface area contributed by atoms with Crippen molar-refractivity contribution >= 4 is 46.1 Å². The third-order valence-electron chi connectivity index (χ3n) is 4.98. The first-order valence-corrected chi connectivity index (χ1v) is 10.1. The summed E-state index contributed by atoms with van der Waals surface area (Å²) in [5.74, 6) is -1.29. The van der Waals surface area contributed by atoms with Gasteiger partial charge in [-0.25, -0.2) is 9.69 Å². The lowest BCUT2D eigenvalue weighted by Crippen LogP contribution is -2.54. The summed E-state index contributed by atoms with van der Waals surface area (Å²) in [6, 6.07) is 15.1. The summed E-state index contributed by atoms with van der Waals surface area (Å²) in [5.41, 5.74) is -0.112. The first kappa shape index (κ1) is 21.7. The molecule has 1 heterocycles. The Kier molecular flexibility index (Phi) is 5.61. The maximum Gasteiger partial charge on any atom is 0.335 e. The van der Waals surface area contributed by atoms with Crippen molar-refractivity contribution in [2.24, 2.45) is 0 Å². The fourth-order valence-electron chi connectivity index (χ4n) is 3.56. The summed E-state index contributed by atoms with van der Waals surface area (Å²) in [4.78, 5) is 49.6. The summed E-state index contributed by atoms with van der Waals surface area (Å²) in [5, 5.41) is 14.9. The van der Waals surface area contributed by atoms with E-state index >= 15 is 0 Å². The highest BCUT2D eigenvalue weighted by Crippen LogP contribution is 2.32. The van der Waals surface area contributed by atoms with Crippen molar-refractivity contribution in [1.82, 2.24) is 5.32 Å². The number of benzene rings is 3. The van der Waals surface area contributed by atoms with Crippen LogP contribution in [-0.2, 0) is 9.59 Å². The van der Waals surface area contributed by atoms with Crippen LogP contribution in [0.15, 0.2) is 66.2 Å². The van der Waals surface area contributed by atoms with E-state index in [9.17, 15) is 24.5 Å². The lowest BCUT2D eigenvalue weighted by Gasteiger charge is -2.26. The van der Waals surface area contributed by atoms with Crippen LogP contribution in [-0.4, -0.2) is 28.9 Å². The number of nitrogens with zero attached hydrogens (tertiary/aromatic N) is 2. The van der Waals surface area contributed by atoms with E-state index in [0.29, 0.717) is 16.2 Å². The van der Waals surface area contributed by atoms with Crippen molar-refractivity contribution in [2.75, 3.05) is 4.90 Å². The van der Waals surface area contributed by atoms with E-state index in [1.807, 2.05) is 44.2 Å². The molecule has 1 N–H and O–H groups in total. The average Bonchev–Trinajstić information content (AvgIpc) is 2.77. The fraction of sp³-hybridized carbons (Fsp3) is 0.125. The Bertz CT molecular complexity index is 1350. The summed E-state index contributed by atoms with van der Waals surface area (Å²) in [6.07, 6.45) is 1.22. The van der Waals surface area contributed by atoms with Crippen LogP contribution >= 0.6 is 0 Å². The van der Waals surface area contributed by atoms with E-state index in [0.717, 1.165) is 16.8 Å². The summed E-state index contributed by atoms with van der Waals surface area (Å²) in [6.45, 7) is 3.71. The lowest BCUT2D eigenvalue weighted by atomic mass is 9.99. The van der Waals surface area contributed by atoms with Crippen LogP contribution in [0.2, 0.25) is 0 Å². The molecule has 0 spiro atoms. The van der Waals surface area contributed by atoms with E-state index in [1.54, 1.807) is 6.07 Å². The van der Waals surface area contributed by atoms with Gasteiger partial charge in [-0.15, -0.1) is 0 Å². The Balaban J connectivity index is 1.86. The van der Waals surface area contributed by atoms with Crippen LogP contribution < -0.4 is 15.0 Å². The molecule has 3 aromatic rings. The van der Waals surface area contributed by atoms with E-state index < -0.39 is 22.8 Å². The number of hydrogen-bond donors (Lipinski definition) is 1. The number of carbonyl (C=O) groups is 3. The lowest BCUT2D eigenvalue weighted by molar-refractivity contribution is -0.384. The molecular formula is C24H19N3O6. The molecule has 166 valence electrons. The van der Waals surface area contributed by atoms with E-state index in [2.05, 4.69) is 5.32 Å². The smallest absolute Gasteiger partial charge is 0.335 e. The normalized spacial score (nSPS) is 15.3. The van der Waals surface area contributed by atoms with Crippen molar-refractivity contribution in [3.05, 3.63) is 81.9 Å². The van der Waals surface area contributed by atoms with Gasteiger partial charge in [0, 0.05) is 17.7 Å². The maximum atomic E-state index is 13.3. The van der Waals surface area contributed by atoms with E-state index in [4.69, 9.17) is 4.74 Å². The number of nitro groups is 1. The minimum atomic E-state index is -0.987. The number of nitrogens with one attached hydrogen (secondary N) is 1. The summed E-state index contributed by atoms with van der Waals surface area (Å²) in [7, 11) is 0. The predicted molar refractivity (Wildman–Crippen MR) is 122 cm³/mol. The van der Waals surface area contributed by atoms with Crippen LogP contribution in [0.25, 0.3) is 16.8 Å². The Morgan fingerprint density at radius 3 is 2.52 bits per heavy atom. The van der Waals surface area contributed by atoms with Gasteiger partial charge in [0.2, 0.25) is 0 Å². The fourth-order valence-corrected chi connectivity index (χ4v) is 3.56. The molecule has 4 amide bonds. The number of hydrogen-bond acceptors (Lipinski definition) is 6. The quantitative estimate of drug-likeness (QED) is 0.272. The molecule has 1 fully saturated rings. The van der Waals surface area contributed by atoms with Gasteiger partial charge in [-0.1, -0.05) is 36.4 Å². The highest BCUT2D eigenvalue weighted by molar-refractivity contribution is 6.39. The standard InChI is InChI=1S/C24H19N3O6/c1-14(2)33-21-11-10-15-6-3-4-9-18(15)19(21)13-20-22(28)25-24(30)26(23(20)29)16-7-5-8-17(12-16)27(31)32/h3-14H,1-2H3,(H,25,28,30)/b20-13+. The van der Waals surface area contributed by atoms with Gasteiger partial charge in [-0.3, -0.25) is 25.0 Å². The number of carbonyl (C=O) groups excluding carboxylic acids is 3. The van der Waals surface area contributed by atoms with Crippen molar-refractivity contribution in [1.29, 1.82) is 0 Å². The Hall–Kier alpha value is -4.53. The van der Waals surface area contributed by atoms with Gasteiger partial charge < -0.3 is 4.74 Å². The monoisotopic (exact) mass is 445 g/mol. The van der Waals surface area contributed by atoms with E-state index in [-0.39, 0.29) is 23.1 Å². The molecular weight excluding hydrogens is 426 g/mol. The zero-order valence-electron chi connectivity index (χ0n) is 17.8. The average molecular weight is 445 g/mol. The van der Waals surface area contributed by atoms with Crippen molar-refractivity contribution in [3.63, 3.8) is 0 Å². The number of barbiturate groups is 1. The zero-order chi connectivity index (χ0) is 23.7. The molecule has 0 atom stereocenters. The molecule has 9 nitrogen and oxygen atoms in total. The van der Waals surface area contributed by atoms with Crippen molar-refractivity contribution < 1.29 is 24.0 Å². The molecule has 3 aromatic carbocycles. The van der Waals surface area contributed by atoms with Gasteiger partial charge in [0.05, 0.1) is 16.7 Å². The molecule has 0 aromatic heterocycles. The topological polar surface area (TPSA) is 119 Å². The third-order valence-corrected chi connectivity index (χ3v) is 4.98. The second-order valence-electron chi connectivity index (χ2n) is 7.60. The van der Waals surface area contributed by atoms with Gasteiger partial charge in [0.15, 0.2) is 0 Å². The number of anilines is 1. The number of amides is 4. The summed E-state index contributed by atoms with van der Waals surface area (Å²) < 4.78 is 5.90. The number of ether oxygens (including phenoxy) is 1. The maximum absolute atomic E-state index is 13.3. The minimum Gasteiger partial charge on any atom is -0.490 e. The van der Waals surface area contributed by atoms with Crippen LogP contribution in [0.4, 0.5) is 16.2 Å². The van der Waals surface area contributed by atoms with Crippen LogP contribution in [0.1, 0.15) is 19.4 Å². The Labute approximate surface area is 188 Å². The van der Waals surface area contributed by atoms with Gasteiger partial charge in [-0.05, 0) is 42.8 Å². The zero-order valence-corrected chi connectivity index (χ0v) is 17.8. The highest BCUT2D eigenvalue weighted by Gasteiger charge is 2.37. The second kappa shape index (κ2) is 8.54. The number of rotatable bonds is 5. The highest BCUT2D eigenvalue weighted by atomic mass is 16.6. The van der Waals surface area contributed by atoms with Gasteiger partial charge in [-0.2, -0.15) is 0 Å². The molecule has 1 aliphatic heterocycles. The second-order valence-corrected chi connectivity index (χ2v) is 7.60. The molecule has 1 saturated heterocycles. The molecule has 1 aliphatic rings. The van der Waals surface area contributed by atoms with Crippen LogP contribution in [0.3, 0.4) is 0 Å². The molecule has 33 heavy (non-hydrogen) atoms. The van der Waals surface area contributed by atoms with Crippen LogP contribution in [0.5, 0.6) is 5.75 Å². The predicted octanol–water partition coefficient (Wildman–Crippen LogP) is 4.20. The van der Waals surface area contributed by atoms with Gasteiger partial charge in [0.25, 0.3) is 17.5 Å². The molecule has 9 heteroatoms. The van der Waals surface area contributed by atoms with E-state index in [1.165, 1.54) is 24.3 Å². The number of imide groups is 2. The Morgan fingerprint density at radius 1 is 1.03 bits per heavy atom. The van der Waals surface area contributed by atoms with Gasteiger partial charge in [0.1, 0.15) is 11.3 Å². The molecule has 0 saturated carbocycles. The molecule has 0 aliphatic carbocycles. The molecule has 0 radical (unpaired) electrons. The first-order chi connectivity index (χ1) is 15.8. The largest absolute Gasteiger partial charge is 0.490 e. The number of fused-ring (bicyclic) bond motifs is 1. The van der Waals surface area contributed by atoms with Crippen molar-refractivity contribution in [3.8, 4) is 5.75 Å². The summed E-state index contributed by atoms with van der Waals surface area (Å²) >= 11 is 0. The SMILES string of the molecule is CC(C)Oc1ccc2ccccc2c1/C=C1\C(=O)NC(=O)N(c2cccc([N+](=O)[O-])c2)C1=O. The van der Waals surface area contributed by atoms with Crippen LogP contribution in [0, 0.1) is 10.1 Å². The Morgan fingerprint density at radius 2 is 1.79 bits per heavy atom. The number of nitro benzene ring substituents is 1. The molecule has 0 bridgehead atoms. The molecule has 0 unspecified atom stereocenters. The first-order valence-electron chi connectivity index (χ1n) is 10.1. The number of urea groups is 1. The molecule has 4 rings (SSSR count). The number of non-ortho nitro benzene ring substituents is 1. The van der Waals surface area contributed by atoms with Gasteiger partial charge >= 0.3 is 6.03 Å². The third kappa shape index (κ3) is 4.16. The van der Waals surface area contributed by atoms with Crippen molar-refractivity contribution in [2.45, 2.75) is 20.0 Å². The minimum absolute atomic E-state index is 0.0262.